The van der Waals surface area contributed by atoms with Gasteiger partial charge >= 0.3 is 0 Å². The second-order valence-corrected chi connectivity index (χ2v) is 8.93. The standard InChI is InChI=1S/C25H31ClN2O3/c1-17(2)24(27-23(29)16-31-22-7-5-4-6-18(22)3)25(30)28-14-12-20(13-15-28)19-8-10-21(26)11-9-19/h4-11,17,20,24H,12-16H2,1-3H3,(H,27,29)/t24-/m1/s1. The molecule has 0 aromatic heterocycles. The second kappa shape index (κ2) is 10.7. The summed E-state index contributed by atoms with van der Waals surface area (Å²) in [5, 5.41) is 3.62. The zero-order valence-corrected chi connectivity index (χ0v) is 19.2. The fraction of sp³-hybridized carbons (Fsp3) is 0.440. The van der Waals surface area contributed by atoms with Crippen molar-refractivity contribution >= 4 is 23.4 Å². The molecule has 1 N–H and O–H groups in total. The first-order chi connectivity index (χ1) is 14.8. The molecule has 0 unspecified atom stereocenters. The predicted molar refractivity (Wildman–Crippen MR) is 123 cm³/mol. The van der Waals surface area contributed by atoms with E-state index in [-0.39, 0.29) is 24.3 Å². The minimum atomic E-state index is -0.556. The lowest BCUT2D eigenvalue weighted by atomic mass is 9.89. The fourth-order valence-corrected chi connectivity index (χ4v) is 4.08. The molecule has 1 heterocycles. The molecular weight excluding hydrogens is 412 g/mol. The van der Waals surface area contributed by atoms with Gasteiger partial charge in [-0.1, -0.05) is 55.8 Å². The number of benzene rings is 2. The van der Waals surface area contributed by atoms with E-state index in [1.54, 1.807) is 0 Å². The van der Waals surface area contributed by atoms with Gasteiger partial charge in [-0.25, -0.2) is 0 Å². The van der Waals surface area contributed by atoms with Crippen LogP contribution in [0.25, 0.3) is 0 Å². The quantitative estimate of drug-likeness (QED) is 0.683. The highest BCUT2D eigenvalue weighted by Gasteiger charge is 2.31. The van der Waals surface area contributed by atoms with Gasteiger partial charge in [-0.2, -0.15) is 0 Å². The van der Waals surface area contributed by atoms with Crippen LogP contribution in [-0.2, 0) is 9.59 Å². The summed E-state index contributed by atoms with van der Waals surface area (Å²) in [5.41, 5.74) is 2.23. The number of halogens is 1. The normalized spacial score (nSPS) is 15.6. The molecule has 0 saturated carbocycles. The number of rotatable bonds is 7. The second-order valence-electron chi connectivity index (χ2n) is 8.49. The van der Waals surface area contributed by atoms with Crippen molar-refractivity contribution in [2.45, 2.75) is 45.6 Å². The number of piperidine rings is 1. The van der Waals surface area contributed by atoms with Crippen LogP contribution in [0.2, 0.25) is 5.02 Å². The average molecular weight is 443 g/mol. The predicted octanol–water partition coefficient (Wildman–Crippen LogP) is 4.57. The number of aryl methyl sites for hydroxylation is 1. The zero-order chi connectivity index (χ0) is 22.4. The number of amides is 2. The molecule has 31 heavy (non-hydrogen) atoms. The maximum Gasteiger partial charge on any atom is 0.258 e. The molecule has 1 saturated heterocycles. The maximum absolute atomic E-state index is 13.1. The summed E-state index contributed by atoms with van der Waals surface area (Å²) in [6.45, 7) is 7.09. The van der Waals surface area contributed by atoms with E-state index in [0.29, 0.717) is 24.8 Å². The van der Waals surface area contributed by atoms with E-state index in [2.05, 4.69) is 17.4 Å². The highest BCUT2D eigenvalue weighted by Crippen LogP contribution is 2.29. The molecule has 1 aliphatic rings. The van der Waals surface area contributed by atoms with Crippen LogP contribution in [0.15, 0.2) is 48.5 Å². The zero-order valence-electron chi connectivity index (χ0n) is 18.4. The Hall–Kier alpha value is -2.53. The van der Waals surface area contributed by atoms with E-state index >= 15 is 0 Å². The van der Waals surface area contributed by atoms with Crippen LogP contribution in [-0.4, -0.2) is 42.5 Å². The number of carbonyl (C=O) groups excluding carboxylic acids is 2. The summed E-state index contributed by atoms with van der Waals surface area (Å²) in [5.74, 6) is 0.786. The largest absolute Gasteiger partial charge is 0.484 e. The summed E-state index contributed by atoms with van der Waals surface area (Å²) >= 11 is 5.99. The molecule has 0 spiro atoms. The van der Waals surface area contributed by atoms with Crippen molar-refractivity contribution in [1.29, 1.82) is 0 Å². The highest BCUT2D eigenvalue weighted by atomic mass is 35.5. The van der Waals surface area contributed by atoms with Crippen molar-refractivity contribution < 1.29 is 14.3 Å². The molecule has 2 aromatic carbocycles. The number of nitrogens with one attached hydrogen (secondary N) is 1. The van der Waals surface area contributed by atoms with Crippen molar-refractivity contribution in [3.8, 4) is 5.75 Å². The van der Waals surface area contributed by atoms with Gasteiger partial charge in [-0.15, -0.1) is 0 Å². The minimum Gasteiger partial charge on any atom is -0.484 e. The Balaban J connectivity index is 1.53. The number of ether oxygens (including phenoxy) is 1. The average Bonchev–Trinajstić information content (AvgIpc) is 2.77. The molecular formula is C25H31ClN2O3. The highest BCUT2D eigenvalue weighted by molar-refractivity contribution is 6.30. The number of likely N-dealkylation sites (tertiary alicyclic amines) is 1. The van der Waals surface area contributed by atoms with Crippen LogP contribution in [0.3, 0.4) is 0 Å². The van der Waals surface area contributed by atoms with Crippen molar-refractivity contribution in [2.24, 2.45) is 5.92 Å². The summed E-state index contributed by atoms with van der Waals surface area (Å²) < 4.78 is 5.63. The molecule has 1 aliphatic heterocycles. The Morgan fingerprint density at radius 2 is 1.74 bits per heavy atom. The SMILES string of the molecule is Cc1ccccc1OCC(=O)N[C@@H](C(=O)N1CCC(c2ccc(Cl)cc2)CC1)C(C)C. The lowest BCUT2D eigenvalue weighted by Gasteiger charge is -2.35. The van der Waals surface area contributed by atoms with E-state index in [9.17, 15) is 9.59 Å². The third kappa shape index (κ3) is 6.23. The van der Waals surface area contributed by atoms with E-state index in [0.717, 1.165) is 23.4 Å². The topological polar surface area (TPSA) is 58.6 Å². The van der Waals surface area contributed by atoms with Gasteiger partial charge in [0.25, 0.3) is 5.91 Å². The first kappa shape index (κ1) is 23.1. The number of nitrogens with zero attached hydrogens (tertiary/aromatic N) is 1. The van der Waals surface area contributed by atoms with Gasteiger partial charge in [0.05, 0.1) is 0 Å². The molecule has 0 radical (unpaired) electrons. The van der Waals surface area contributed by atoms with Crippen LogP contribution < -0.4 is 10.1 Å². The molecule has 2 aromatic rings. The van der Waals surface area contributed by atoms with Gasteiger partial charge in [0.15, 0.2) is 6.61 Å². The Labute approximate surface area is 189 Å². The van der Waals surface area contributed by atoms with Gasteiger partial charge < -0.3 is 15.0 Å². The van der Waals surface area contributed by atoms with Gasteiger partial charge in [-0.3, -0.25) is 9.59 Å². The molecule has 0 bridgehead atoms. The van der Waals surface area contributed by atoms with Crippen LogP contribution in [0.4, 0.5) is 0 Å². The number of hydrogen-bond donors (Lipinski definition) is 1. The summed E-state index contributed by atoms with van der Waals surface area (Å²) in [4.78, 5) is 27.5. The fourth-order valence-electron chi connectivity index (χ4n) is 3.96. The molecule has 6 heteroatoms. The lowest BCUT2D eigenvalue weighted by molar-refractivity contribution is -0.139. The number of hydrogen-bond acceptors (Lipinski definition) is 3. The Kier molecular flexibility index (Phi) is 7.97. The lowest BCUT2D eigenvalue weighted by Crippen LogP contribution is -2.53. The number of carbonyl (C=O) groups is 2. The minimum absolute atomic E-state index is 0.0103. The monoisotopic (exact) mass is 442 g/mol. The van der Waals surface area contributed by atoms with E-state index in [1.165, 1.54) is 5.56 Å². The summed E-state index contributed by atoms with van der Waals surface area (Å²) in [6, 6.07) is 15.0. The van der Waals surface area contributed by atoms with E-state index in [4.69, 9.17) is 16.3 Å². The van der Waals surface area contributed by atoms with E-state index in [1.807, 2.05) is 62.1 Å². The number of para-hydroxylation sites is 1. The Morgan fingerprint density at radius 1 is 1.10 bits per heavy atom. The van der Waals surface area contributed by atoms with E-state index < -0.39 is 6.04 Å². The van der Waals surface area contributed by atoms with Crippen LogP contribution in [0, 0.1) is 12.8 Å². The van der Waals surface area contributed by atoms with Crippen LogP contribution in [0.1, 0.15) is 43.7 Å². The van der Waals surface area contributed by atoms with Crippen molar-refractivity contribution in [2.75, 3.05) is 19.7 Å². The maximum atomic E-state index is 13.1. The third-order valence-corrected chi connectivity index (χ3v) is 6.10. The summed E-state index contributed by atoms with van der Waals surface area (Å²) in [7, 11) is 0. The molecule has 5 nitrogen and oxygen atoms in total. The van der Waals surface area contributed by atoms with Crippen LogP contribution in [0.5, 0.6) is 5.75 Å². The first-order valence-corrected chi connectivity index (χ1v) is 11.2. The smallest absolute Gasteiger partial charge is 0.258 e. The molecule has 1 atom stereocenters. The van der Waals surface area contributed by atoms with Crippen LogP contribution >= 0.6 is 11.6 Å². The first-order valence-electron chi connectivity index (χ1n) is 10.9. The van der Waals surface area contributed by atoms with Crippen molar-refractivity contribution in [3.05, 3.63) is 64.7 Å². The molecule has 1 fully saturated rings. The van der Waals surface area contributed by atoms with Gasteiger partial charge in [0, 0.05) is 18.1 Å². The van der Waals surface area contributed by atoms with Gasteiger partial charge in [-0.05, 0) is 60.9 Å². The molecule has 0 aliphatic carbocycles. The molecule has 166 valence electrons. The van der Waals surface area contributed by atoms with Gasteiger partial charge in [0.1, 0.15) is 11.8 Å². The third-order valence-electron chi connectivity index (χ3n) is 5.85. The molecule has 2 amide bonds. The van der Waals surface area contributed by atoms with Crippen molar-refractivity contribution in [3.63, 3.8) is 0 Å². The Morgan fingerprint density at radius 3 is 2.35 bits per heavy atom. The molecule has 3 rings (SSSR count). The van der Waals surface area contributed by atoms with Gasteiger partial charge in [0.2, 0.25) is 5.91 Å². The Bertz CT molecular complexity index is 890. The van der Waals surface area contributed by atoms with Crippen molar-refractivity contribution in [1.82, 2.24) is 10.2 Å². The summed E-state index contributed by atoms with van der Waals surface area (Å²) in [6.07, 6.45) is 1.81.